The van der Waals surface area contributed by atoms with Crippen LogP contribution in [0.15, 0.2) is 24.3 Å². The maximum absolute atomic E-state index is 12.0. The largest absolute Gasteiger partial charge is 0.465 e. The van der Waals surface area contributed by atoms with Gasteiger partial charge in [0, 0.05) is 0 Å². The number of esters is 1. The lowest BCUT2D eigenvalue weighted by Crippen LogP contribution is -2.43. The van der Waals surface area contributed by atoms with Gasteiger partial charge < -0.3 is 4.74 Å². The smallest absolute Gasteiger partial charge is 0.316 e. The van der Waals surface area contributed by atoms with E-state index in [0.29, 0.717) is 12.2 Å². The van der Waals surface area contributed by atoms with Crippen molar-refractivity contribution in [1.82, 2.24) is 0 Å². The van der Waals surface area contributed by atoms with Crippen LogP contribution in [0.25, 0.3) is 0 Å². The van der Waals surface area contributed by atoms with E-state index >= 15 is 0 Å². The molecule has 1 saturated carbocycles. The van der Waals surface area contributed by atoms with Crippen LogP contribution in [0.1, 0.15) is 37.3 Å². The number of carbonyl (C=O) groups is 1. The molecule has 0 radical (unpaired) electrons. The summed E-state index contributed by atoms with van der Waals surface area (Å²) in [4.78, 5) is 12.0. The lowest BCUT2D eigenvalue weighted by molar-refractivity contribution is -0.153. The Morgan fingerprint density at radius 2 is 2.06 bits per heavy atom. The third-order valence-electron chi connectivity index (χ3n) is 3.44. The average molecular weight is 229 g/mol. The van der Waals surface area contributed by atoms with Crippen LogP contribution in [-0.4, -0.2) is 12.6 Å². The van der Waals surface area contributed by atoms with E-state index in [9.17, 15) is 4.79 Å². The van der Waals surface area contributed by atoms with E-state index in [4.69, 9.17) is 10.00 Å². The molecule has 1 aliphatic carbocycles. The lowest BCUT2D eigenvalue weighted by Gasteiger charge is -2.39. The van der Waals surface area contributed by atoms with Crippen molar-refractivity contribution in [1.29, 1.82) is 5.26 Å². The number of rotatable bonds is 3. The van der Waals surface area contributed by atoms with Gasteiger partial charge in [0.15, 0.2) is 0 Å². The molecule has 2 rings (SSSR count). The monoisotopic (exact) mass is 229 g/mol. The topological polar surface area (TPSA) is 50.1 Å². The number of nitrogens with zero attached hydrogens (tertiary/aromatic N) is 1. The third-order valence-corrected chi connectivity index (χ3v) is 3.44. The third kappa shape index (κ3) is 1.91. The van der Waals surface area contributed by atoms with Gasteiger partial charge in [0.25, 0.3) is 0 Å². The highest BCUT2D eigenvalue weighted by molar-refractivity contribution is 5.84. The van der Waals surface area contributed by atoms with Gasteiger partial charge in [-0.2, -0.15) is 5.26 Å². The maximum Gasteiger partial charge on any atom is 0.316 e. The minimum Gasteiger partial charge on any atom is -0.465 e. The van der Waals surface area contributed by atoms with Gasteiger partial charge in [-0.15, -0.1) is 0 Å². The molecule has 0 heterocycles. The van der Waals surface area contributed by atoms with E-state index in [1.807, 2.05) is 19.1 Å². The molecular weight excluding hydrogens is 214 g/mol. The second kappa shape index (κ2) is 4.58. The Hall–Kier alpha value is -1.82. The van der Waals surface area contributed by atoms with Gasteiger partial charge >= 0.3 is 5.97 Å². The zero-order chi connectivity index (χ0) is 12.3. The molecule has 0 amide bonds. The van der Waals surface area contributed by atoms with Gasteiger partial charge in [0.05, 0.1) is 23.7 Å². The molecule has 0 aromatic heterocycles. The van der Waals surface area contributed by atoms with Gasteiger partial charge in [0.1, 0.15) is 0 Å². The van der Waals surface area contributed by atoms with Gasteiger partial charge in [-0.05, 0) is 37.5 Å². The molecule has 3 heteroatoms. The first-order valence-corrected chi connectivity index (χ1v) is 5.91. The molecule has 0 N–H and O–H groups in total. The molecule has 0 aliphatic heterocycles. The summed E-state index contributed by atoms with van der Waals surface area (Å²) in [7, 11) is 0. The Kier molecular flexibility index (Phi) is 3.14. The molecule has 17 heavy (non-hydrogen) atoms. The van der Waals surface area contributed by atoms with E-state index < -0.39 is 5.41 Å². The number of carbonyl (C=O) groups excluding carboxylic acids is 1. The van der Waals surface area contributed by atoms with Crippen molar-refractivity contribution in [3.05, 3.63) is 35.4 Å². The fourth-order valence-electron chi connectivity index (χ4n) is 2.27. The fourth-order valence-corrected chi connectivity index (χ4v) is 2.27. The van der Waals surface area contributed by atoms with Crippen LogP contribution in [0.5, 0.6) is 0 Å². The van der Waals surface area contributed by atoms with Crippen molar-refractivity contribution < 1.29 is 9.53 Å². The molecular formula is C14H15NO2. The first-order valence-electron chi connectivity index (χ1n) is 5.91. The van der Waals surface area contributed by atoms with Crippen LogP contribution in [-0.2, 0) is 14.9 Å². The summed E-state index contributed by atoms with van der Waals surface area (Å²) < 4.78 is 5.16. The lowest BCUT2D eigenvalue weighted by atomic mass is 9.64. The summed E-state index contributed by atoms with van der Waals surface area (Å²) in [6.07, 6.45) is 2.74. The number of hydrogen-bond donors (Lipinski definition) is 0. The van der Waals surface area contributed by atoms with Crippen molar-refractivity contribution in [3.63, 3.8) is 0 Å². The second-order valence-corrected chi connectivity index (χ2v) is 4.35. The predicted octanol–water partition coefficient (Wildman–Crippen LogP) is 2.54. The molecule has 3 nitrogen and oxygen atoms in total. The van der Waals surface area contributed by atoms with Crippen LogP contribution < -0.4 is 0 Å². The molecule has 1 aliphatic rings. The van der Waals surface area contributed by atoms with Crippen LogP contribution >= 0.6 is 0 Å². The summed E-state index contributed by atoms with van der Waals surface area (Å²) in [6.45, 7) is 2.24. The summed E-state index contributed by atoms with van der Waals surface area (Å²) in [5.41, 5.74) is 1.14. The van der Waals surface area contributed by atoms with E-state index in [1.54, 1.807) is 12.1 Å². The van der Waals surface area contributed by atoms with Crippen molar-refractivity contribution in [2.75, 3.05) is 6.61 Å². The molecule has 0 spiro atoms. The predicted molar refractivity (Wildman–Crippen MR) is 63.3 cm³/mol. The van der Waals surface area contributed by atoms with Gasteiger partial charge in [0.2, 0.25) is 0 Å². The number of ether oxygens (including phenoxy) is 1. The number of benzene rings is 1. The molecule has 88 valence electrons. The Morgan fingerprint density at radius 1 is 1.41 bits per heavy atom. The molecule has 0 atom stereocenters. The molecule has 0 saturated heterocycles. The minimum atomic E-state index is -0.454. The van der Waals surface area contributed by atoms with E-state index in [2.05, 4.69) is 6.07 Å². The summed E-state index contributed by atoms with van der Waals surface area (Å²) in [6, 6.07) is 9.34. The van der Waals surface area contributed by atoms with Crippen molar-refractivity contribution >= 4 is 5.97 Å². The average Bonchev–Trinajstić information content (AvgIpc) is 2.29. The van der Waals surface area contributed by atoms with E-state index in [1.165, 1.54) is 0 Å². The normalized spacial score (nSPS) is 16.7. The SMILES string of the molecule is CCOC(=O)C1(c2ccc(C#N)cc2)CCC1. The molecule has 0 unspecified atom stereocenters. The highest BCUT2D eigenvalue weighted by Crippen LogP contribution is 2.44. The first-order chi connectivity index (χ1) is 8.23. The van der Waals surface area contributed by atoms with Crippen molar-refractivity contribution in [2.45, 2.75) is 31.6 Å². The molecule has 1 aromatic carbocycles. The Morgan fingerprint density at radius 3 is 2.47 bits per heavy atom. The molecule has 0 bridgehead atoms. The quantitative estimate of drug-likeness (QED) is 0.748. The van der Waals surface area contributed by atoms with Crippen molar-refractivity contribution in [3.8, 4) is 6.07 Å². The fraction of sp³-hybridized carbons (Fsp3) is 0.429. The number of hydrogen-bond acceptors (Lipinski definition) is 3. The highest BCUT2D eigenvalue weighted by atomic mass is 16.5. The zero-order valence-electron chi connectivity index (χ0n) is 9.90. The number of nitriles is 1. The van der Waals surface area contributed by atoms with E-state index in [0.717, 1.165) is 24.8 Å². The Labute approximate surface area is 101 Å². The minimum absolute atomic E-state index is 0.129. The van der Waals surface area contributed by atoms with Gasteiger partial charge in [-0.25, -0.2) is 0 Å². The van der Waals surface area contributed by atoms with Crippen LogP contribution in [0.3, 0.4) is 0 Å². The van der Waals surface area contributed by atoms with Crippen molar-refractivity contribution in [2.24, 2.45) is 0 Å². The molecule has 1 fully saturated rings. The van der Waals surface area contributed by atoms with Crippen LogP contribution in [0.2, 0.25) is 0 Å². The highest BCUT2D eigenvalue weighted by Gasteiger charge is 2.46. The summed E-state index contributed by atoms with van der Waals surface area (Å²) in [5.74, 6) is -0.129. The summed E-state index contributed by atoms with van der Waals surface area (Å²) >= 11 is 0. The maximum atomic E-state index is 12.0. The van der Waals surface area contributed by atoms with Gasteiger partial charge in [-0.1, -0.05) is 18.6 Å². The standard InChI is InChI=1S/C14H15NO2/c1-2-17-13(16)14(8-3-9-14)12-6-4-11(10-15)5-7-12/h4-7H,2-3,8-9H2,1H3. The second-order valence-electron chi connectivity index (χ2n) is 4.35. The van der Waals surface area contributed by atoms with Crippen LogP contribution in [0.4, 0.5) is 0 Å². The molecule has 1 aromatic rings. The zero-order valence-corrected chi connectivity index (χ0v) is 9.90. The van der Waals surface area contributed by atoms with E-state index in [-0.39, 0.29) is 5.97 Å². The van der Waals surface area contributed by atoms with Crippen LogP contribution in [0, 0.1) is 11.3 Å². The summed E-state index contributed by atoms with van der Waals surface area (Å²) in [5, 5.41) is 8.75. The van der Waals surface area contributed by atoms with Gasteiger partial charge in [-0.3, -0.25) is 4.79 Å². The first kappa shape index (κ1) is 11.7. The Bertz CT molecular complexity index is 452. The Balaban J connectivity index is 2.28.